The molecule has 1 unspecified atom stereocenters. The Morgan fingerprint density at radius 1 is 1.25 bits per heavy atom. The third kappa shape index (κ3) is 3.34. The number of carbonyl (C=O) groups excluding carboxylic acids is 1. The van der Waals surface area contributed by atoms with Crippen LogP contribution in [0.4, 0.5) is 26.6 Å². The second-order valence-electron chi connectivity index (χ2n) is 8.49. The number of halogens is 1. The highest BCUT2D eigenvalue weighted by molar-refractivity contribution is 5.89. The van der Waals surface area contributed by atoms with Crippen molar-refractivity contribution in [1.29, 1.82) is 0 Å². The molecule has 5 rings (SSSR count). The van der Waals surface area contributed by atoms with E-state index in [9.17, 15) is 14.3 Å². The summed E-state index contributed by atoms with van der Waals surface area (Å²) in [5, 5.41) is 11.2. The fourth-order valence-electron chi connectivity index (χ4n) is 4.83. The molecule has 9 nitrogen and oxygen atoms in total. The highest BCUT2D eigenvalue weighted by Crippen LogP contribution is 2.39. The number of carbonyl (C=O) groups is 1. The summed E-state index contributed by atoms with van der Waals surface area (Å²) in [6.07, 6.45) is 0.671. The van der Waals surface area contributed by atoms with E-state index in [1.54, 1.807) is 23.1 Å². The molecule has 0 aromatic carbocycles. The van der Waals surface area contributed by atoms with Crippen molar-refractivity contribution in [2.75, 3.05) is 34.5 Å². The number of anilines is 3. The predicted molar refractivity (Wildman–Crippen MR) is 117 cm³/mol. The largest absolute Gasteiger partial charge is 0.447 e. The maximum absolute atomic E-state index is 13.4. The van der Waals surface area contributed by atoms with E-state index in [1.165, 1.54) is 4.90 Å². The second-order valence-corrected chi connectivity index (χ2v) is 8.49. The van der Waals surface area contributed by atoms with Crippen LogP contribution in [-0.2, 0) is 17.8 Å². The summed E-state index contributed by atoms with van der Waals surface area (Å²) < 4.78 is 18.3. The minimum atomic E-state index is -0.930. The summed E-state index contributed by atoms with van der Waals surface area (Å²) in [7, 11) is 0. The average Bonchev–Trinajstić information content (AvgIpc) is 3.50. The molecule has 2 saturated heterocycles. The molecule has 0 spiro atoms. The van der Waals surface area contributed by atoms with Gasteiger partial charge >= 0.3 is 6.09 Å². The Morgan fingerprint density at radius 2 is 2.06 bits per heavy atom. The van der Waals surface area contributed by atoms with Crippen LogP contribution in [-0.4, -0.2) is 53.1 Å². The monoisotopic (exact) mass is 442 g/mol. The first-order valence-electron chi connectivity index (χ1n) is 10.9. The Hall–Kier alpha value is -2.98. The SMILES string of the molecule is C[C@@H]1CCCN1c1cc2c(c(CN)n1)CN(c1cccc(N3C(=O)OC[C@@H]3CF)n1)C2O. The number of cyclic esters (lactones) is 1. The molecule has 0 saturated carbocycles. The number of aromatic nitrogens is 2. The van der Waals surface area contributed by atoms with Gasteiger partial charge < -0.3 is 25.4 Å². The van der Waals surface area contributed by atoms with Gasteiger partial charge in [-0.25, -0.2) is 19.2 Å². The molecule has 0 aliphatic carbocycles. The fraction of sp³-hybridized carbons (Fsp3) is 0.500. The quantitative estimate of drug-likeness (QED) is 0.726. The molecule has 2 fully saturated rings. The first-order chi connectivity index (χ1) is 15.5. The summed E-state index contributed by atoms with van der Waals surface area (Å²) in [5.74, 6) is 1.60. The molecular formula is C22H27FN6O3. The Balaban J connectivity index is 1.47. The van der Waals surface area contributed by atoms with Gasteiger partial charge in [-0.1, -0.05) is 6.07 Å². The number of nitrogens with two attached hydrogens (primary N) is 1. The minimum absolute atomic E-state index is 0.0117. The van der Waals surface area contributed by atoms with Crippen molar-refractivity contribution >= 4 is 23.5 Å². The molecular weight excluding hydrogens is 415 g/mol. The van der Waals surface area contributed by atoms with Crippen LogP contribution >= 0.6 is 0 Å². The third-order valence-corrected chi connectivity index (χ3v) is 6.57. The summed E-state index contributed by atoms with van der Waals surface area (Å²) in [6, 6.07) is 6.75. The molecule has 10 heteroatoms. The Labute approximate surface area is 185 Å². The van der Waals surface area contributed by atoms with E-state index >= 15 is 0 Å². The van der Waals surface area contributed by atoms with E-state index in [4.69, 9.17) is 15.5 Å². The van der Waals surface area contributed by atoms with Crippen molar-refractivity contribution in [1.82, 2.24) is 9.97 Å². The molecule has 2 aromatic rings. The van der Waals surface area contributed by atoms with Gasteiger partial charge in [-0.05, 0) is 38.0 Å². The van der Waals surface area contributed by atoms with Gasteiger partial charge in [0.25, 0.3) is 0 Å². The van der Waals surface area contributed by atoms with Gasteiger partial charge in [0, 0.05) is 36.8 Å². The Morgan fingerprint density at radius 3 is 2.78 bits per heavy atom. The van der Waals surface area contributed by atoms with E-state index < -0.39 is 25.0 Å². The topological polar surface area (TPSA) is 108 Å². The number of ether oxygens (including phenoxy) is 1. The number of aliphatic hydroxyl groups excluding tert-OH is 1. The number of alkyl halides is 1. The van der Waals surface area contributed by atoms with Gasteiger partial charge in [0.2, 0.25) is 0 Å². The highest BCUT2D eigenvalue weighted by atomic mass is 19.1. The molecule has 3 aliphatic heterocycles. The van der Waals surface area contributed by atoms with Crippen LogP contribution in [0.5, 0.6) is 0 Å². The van der Waals surface area contributed by atoms with Gasteiger partial charge in [0.1, 0.15) is 36.8 Å². The molecule has 3 N–H and O–H groups in total. The van der Waals surface area contributed by atoms with Crippen LogP contribution in [0, 0.1) is 0 Å². The molecule has 0 bridgehead atoms. The molecule has 170 valence electrons. The Kier molecular flexibility index (Phi) is 5.34. The summed E-state index contributed by atoms with van der Waals surface area (Å²) in [5.41, 5.74) is 8.44. The van der Waals surface area contributed by atoms with Crippen LogP contribution in [0.15, 0.2) is 24.3 Å². The first kappa shape index (κ1) is 20.9. The number of nitrogens with zero attached hydrogens (tertiary/aromatic N) is 5. The van der Waals surface area contributed by atoms with Crippen LogP contribution in [0.1, 0.15) is 42.8 Å². The van der Waals surface area contributed by atoms with Crippen LogP contribution in [0.3, 0.4) is 0 Å². The first-order valence-corrected chi connectivity index (χ1v) is 10.9. The van der Waals surface area contributed by atoms with Gasteiger partial charge in [-0.15, -0.1) is 0 Å². The van der Waals surface area contributed by atoms with E-state index in [0.717, 1.165) is 42.0 Å². The number of hydrogen-bond acceptors (Lipinski definition) is 8. The van der Waals surface area contributed by atoms with Crippen LogP contribution in [0.2, 0.25) is 0 Å². The van der Waals surface area contributed by atoms with E-state index in [0.29, 0.717) is 24.2 Å². The van der Waals surface area contributed by atoms with Gasteiger partial charge in [0.05, 0.1) is 5.69 Å². The number of fused-ring (bicyclic) bond motifs is 1. The predicted octanol–water partition coefficient (Wildman–Crippen LogP) is 2.23. The number of pyridine rings is 2. The lowest BCUT2D eigenvalue weighted by molar-refractivity contribution is 0.177. The summed E-state index contributed by atoms with van der Waals surface area (Å²) in [4.78, 5) is 26.7. The molecule has 5 heterocycles. The standard InChI is InChI=1S/C22H27FN6O3/c1-13-4-3-7-27(13)20-8-15-16(17(10-24)25-20)11-28(21(15)30)18-5-2-6-19(26-18)29-14(9-23)12-32-22(29)31/h2,5-6,8,13-14,21,30H,3-4,7,9-12,24H2,1H3/t13-,14+,21?/m1/s1. The highest BCUT2D eigenvalue weighted by Gasteiger charge is 2.37. The van der Waals surface area contributed by atoms with Crippen LogP contribution in [0.25, 0.3) is 0 Å². The average molecular weight is 442 g/mol. The fourth-order valence-corrected chi connectivity index (χ4v) is 4.83. The van der Waals surface area contributed by atoms with Crippen molar-refractivity contribution in [3.05, 3.63) is 41.1 Å². The summed E-state index contributed by atoms with van der Waals surface area (Å²) in [6.45, 7) is 3.03. The van der Waals surface area contributed by atoms with Gasteiger partial charge in [-0.3, -0.25) is 4.90 Å². The minimum Gasteiger partial charge on any atom is -0.447 e. The van der Waals surface area contributed by atoms with Crippen molar-refractivity contribution in [2.24, 2.45) is 5.73 Å². The number of amides is 1. The van der Waals surface area contributed by atoms with Crippen molar-refractivity contribution in [3.8, 4) is 0 Å². The number of aliphatic hydroxyl groups is 1. The zero-order chi connectivity index (χ0) is 22.4. The van der Waals surface area contributed by atoms with E-state index in [2.05, 4.69) is 16.8 Å². The number of hydrogen-bond donors (Lipinski definition) is 2. The molecule has 2 aromatic heterocycles. The van der Waals surface area contributed by atoms with Crippen molar-refractivity contribution < 1.29 is 19.0 Å². The molecule has 3 aliphatic rings. The molecule has 32 heavy (non-hydrogen) atoms. The van der Waals surface area contributed by atoms with E-state index in [1.807, 2.05) is 6.07 Å². The van der Waals surface area contributed by atoms with E-state index in [-0.39, 0.29) is 13.2 Å². The third-order valence-electron chi connectivity index (χ3n) is 6.57. The lowest BCUT2D eigenvalue weighted by Gasteiger charge is -2.25. The zero-order valence-corrected chi connectivity index (χ0v) is 17.9. The van der Waals surface area contributed by atoms with Crippen molar-refractivity contribution in [2.45, 2.75) is 51.2 Å². The normalized spacial score (nSPS) is 24.9. The zero-order valence-electron chi connectivity index (χ0n) is 17.9. The molecule has 0 radical (unpaired) electrons. The van der Waals surface area contributed by atoms with Crippen molar-refractivity contribution in [3.63, 3.8) is 0 Å². The smallest absolute Gasteiger partial charge is 0.416 e. The van der Waals surface area contributed by atoms with Gasteiger partial charge in [0.15, 0.2) is 6.23 Å². The Bertz CT molecular complexity index is 1040. The maximum Gasteiger partial charge on any atom is 0.416 e. The van der Waals surface area contributed by atoms with Crippen LogP contribution < -0.4 is 20.4 Å². The summed E-state index contributed by atoms with van der Waals surface area (Å²) >= 11 is 0. The number of rotatable bonds is 5. The maximum atomic E-state index is 13.4. The second kappa shape index (κ2) is 8.18. The van der Waals surface area contributed by atoms with Gasteiger partial charge in [-0.2, -0.15) is 0 Å². The molecule has 3 atom stereocenters. The lowest BCUT2D eigenvalue weighted by atomic mass is 10.1. The lowest BCUT2D eigenvalue weighted by Crippen LogP contribution is -2.36. The molecule has 1 amide bonds.